The first-order valence-electron chi connectivity index (χ1n) is 13.0. The zero-order valence-electron chi connectivity index (χ0n) is 22.2. The predicted octanol–water partition coefficient (Wildman–Crippen LogP) is 5.07. The topological polar surface area (TPSA) is 105 Å². The number of aliphatic carboxylic acids is 1. The number of benzene rings is 2. The Kier molecular flexibility index (Phi) is 9.55. The van der Waals surface area contributed by atoms with Gasteiger partial charge in [-0.1, -0.05) is 30.3 Å². The third-order valence-electron chi connectivity index (χ3n) is 6.86. The van der Waals surface area contributed by atoms with Gasteiger partial charge in [0.25, 0.3) is 0 Å². The Bertz CT molecular complexity index is 1070. The van der Waals surface area contributed by atoms with E-state index in [-0.39, 0.29) is 18.6 Å². The zero-order chi connectivity index (χ0) is 27.0. The molecule has 8 heteroatoms. The maximum absolute atomic E-state index is 13.5. The number of hydrogen-bond donors (Lipinski definition) is 2. The van der Waals surface area contributed by atoms with Crippen LogP contribution in [0.15, 0.2) is 42.5 Å². The molecular formula is C29H38N2O6. The van der Waals surface area contributed by atoms with Crippen molar-refractivity contribution in [3.8, 4) is 11.5 Å². The number of aryl methyl sites for hydroxylation is 1. The highest BCUT2D eigenvalue weighted by Crippen LogP contribution is 2.35. The molecule has 200 valence electrons. The predicted molar refractivity (Wildman–Crippen MR) is 141 cm³/mol. The van der Waals surface area contributed by atoms with Crippen LogP contribution in [0.3, 0.4) is 0 Å². The van der Waals surface area contributed by atoms with Crippen LogP contribution in [-0.2, 0) is 16.0 Å². The number of carboxylic acid groups (broad SMARTS) is 1. The number of amides is 2. The van der Waals surface area contributed by atoms with Crippen LogP contribution >= 0.6 is 0 Å². The molecule has 1 fully saturated rings. The average molecular weight is 511 g/mol. The monoisotopic (exact) mass is 510 g/mol. The van der Waals surface area contributed by atoms with E-state index in [1.807, 2.05) is 58.0 Å². The summed E-state index contributed by atoms with van der Waals surface area (Å²) in [6, 6.07) is 13.1. The third-order valence-corrected chi connectivity index (χ3v) is 6.86. The fourth-order valence-electron chi connectivity index (χ4n) is 4.63. The van der Waals surface area contributed by atoms with E-state index in [1.165, 1.54) is 5.56 Å². The minimum absolute atomic E-state index is 0.175. The van der Waals surface area contributed by atoms with Crippen LogP contribution in [0.1, 0.15) is 69.2 Å². The van der Waals surface area contributed by atoms with Crippen LogP contribution in [0.2, 0.25) is 0 Å². The number of ketones is 1. The van der Waals surface area contributed by atoms with Crippen molar-refractivity contribution in [3.63, 3.8) is 0 Å². The summed E-state index contributed by atoms with van der Waals surface area (Å²) in [5.41, 5.74) is 1.39. The highest BCUT2D eigenvalue weighted by Gasteiger charge is 2.52. The minimum Gasteiger partial charge on any atom is -0.493 e. The molecule has 0 aliphatic heterocycles. The number of carbonyl (C=O) groups excluding carboxylic acids is 2. The molecule has 1 aliphatic rings. The van der Waals surface area contributed by atoms with Crippen LogP contribution in [-0.4, -0.2) is 53.1 Å². The second kappa shape index (κ2) is 12.6. The second-order valence-electron chi connectivity index (χ2n) is 9.53. The second-order valence-corrected chi connectivity index (χ2v) is 9.53. The van der Waals surface area contributed by atoms with Gasteiger partial charge in [0.05, 0.1) is 19.3 Å². The first-order chi connectivity index (χ1) is 17.7. The lowest BCUT2D eigenvalue weighted by Crippen LogP contribution is -2.65. The van der Waals surface area contributed by atoms with Crippen molar-refractivity contribution >= 4 is 17.8 Å². The molecule has 0 unspecified atom stereocenters. The molecule has 0 heterocycles. The lowest BCUT2D eigenvalue weighted by atomic mass is 9.75. The molecule has 1 aliphatic carbocycles. The Balaban J connectivity index is 1.84. The summed E-state index contributed by atoms with van der Waals surface area (Å²) >= 11 is 0. The van der Waals surface area contributed by atoms with Crippen molar-refractivity contribution in [1.82, 2.24) is 10.2 Å². The van der Waals surface area contributed by atoms with Gasteiger partial charge in [0.2, 0.25) is 0 Å². The number of hydrogen-bond acceptors (Lipinski definition) is 5. The third kappa shape index (κ3) is 6.81. The van der Waals surface area contributed by atoms with Crippen LogP contribution in [0.4, 0.5) is 4.79 Å². The number of carbonyl (C=O) groups is 3. The molecule has 0 saturated heterocycles. The Morgan fingerprint density at radius 2 is 1.65 bits per heavy atom. The molecule has 2 aromatic carbocycles. The van der Waals surface area contributed by atoms with E-state index in [2.05, 4.69) is 17.4 Å². The fraction of sp³-hybridized carbons (Fsp3) is 0.483. The van der Waals surface area contributed by atoms with Gasteiger partial charge in [-0.05, 0) is 70.2 Å². The first kappa shape index (κ1) is 28.0. The summed E-state index contributed by atoms with van der Waals surface area (Å²) in [4.78, 5) is 38.7. The molecule has 2 N–H and O–H groups in total. The van der Waals surface area contributed by atoms with Crippen LogP contribution in [0.5, 0.6) is 11.5 Å². The number of rotatable bonds is 13. The number of unbranched alkanes of at least 4 members (excludes halogenated alkanes) is 1. The number of nitrogens with one attached hydrogen (secondary N) is 1. The summed E-state index contributed by atoms with van der Waals surface area (Å²) in [7, 11) is 0. The quantitative estimate of drug-likeness (QED) is 0.364. The van der Waals surface area contributed by atoms with Crippen molar-refractivity contribution in [2.45, 2.75) is 71.4 Å². The maximum Gasteiger partial charge on any atom is 0.330 e. The van der Waals surface area contributed by atoms with E-state index in [9.17, 15) is 19.5 Å². The number of urea groups is 1. The summed E-state index contributed by atoms with van der Waals surface area (Å²) in [6.45, 7) is 9.06. The summed E-state index contributed by atoms with van der Waals surface area (Å²) in [6.07, 6.45) is 2.08. The van der Waals surface area contributed by atoms with E-state index >= 15 is 0 Å². The van der Waals surface area contributed by atoms with Gasteiger partial charge in [-0.2, -0.15) is 0 Å². The SMILES string of the molecule is CCOc1cc([C@@H](C)N(CCCCc2ccccc2)C(=O)NC2(C(=O)O)CC(=O)C2)cc(OCC)c1C. The molecular weight excluding hydrogens is 472 g/mol. The average Bonchev–Trinajstić information content (AvgIpc) is 2.85. The molecule has 37 heavy (non-hydrogen) atoms. The lowest BCUT2D eigenvalue weighted by molar-refractivity contribution is -0.154. The molecule has 0 aromatic heterocycles. The van der Waals surface area contributed by atoms with Gasteiger partial charge in [0.1, 0.15) is 17.3 Å². The van der Waals surface area contributed by atoms with E-state index in [0.29, 0.717) is 31.3 Å². The van der Waals surface area contributed by atoms with Crippen molar-refractivity contribution in [2.24, 2.45) is 0 Å². The molecule has 2 amide bonds. The van der Waals surface area contributed by atoms with E-state index < -0.39 is 23.6 Å². The standard InChI is InChI=1S/C29H38N2O6/c1-5-36-25-16-23(17-26(20(25)3)37-6-2)21(4)31(15-11-10-14-22-12-8-7-9-13-22)28(35)30-29(27(33)34)18-24(32)19-29/h7-9,12-13,16-17,21H,5-6,10-11,14-15,18-19H2,1-4H3,(H,30,35)(H,33,34)/t21-/m1/s1. The Morgan fingerprint density at radius 1 is 1.05 bits per heavy atom. The normalized spacial score (nSPS) is 14.9. The van der Waals surface area contributed by atoms with Crippen molar-refractivity contribution < 1.29 is 29.0 Å². The Labute approximate surface area is 219 Å². The van der Waals surface area contributed by atoms with Gasteiger partial charge >= 0.3 is 12.0 Å². The summed E-state index contributed by atoms with van der Waals surface area (Å²) in [5, 5.41) is 12.4. The molecule has 0 bridgehead atoms. The zero-order valence-corrected chi connectivity index (χ0v) is 22.2. The van der Waals surface area contributed by atoms with Crippen molar-refractivity contribution in [1.29, 1.82) is 0 Å². The van der Waals surface area contributed by atoms with Crippen LogP contribution < -0.4 is 14.8 Å². The fourth-order valence-corrected chi connectivity index (χ4v) is 4.63. The van der Waals surface area contributed by atoms with Gasteiger partial charge in [0, 0.05) is 24.9 Å². The molecule has 0 spiro atoms. The number of ether oxygens (including phenoxy) is 2. The number of carboxylic acids is 1. The van der Waals surface area contributed by atoms with E-state index in [0.717, 1.165) is 30.4 Å². The smallest absolute Gasteiger partial charge is 0.330 e. The molecule has 2 aromatic rings. The molecule has 8 nitrogen and oxygen atoms in total. The Morgan fingerprint density at radius 3 is 2.16 bits per heavy atom. The van der Waals surface area contributed by atoms with Crippen LogP contribution in [0.25, 0.3) is 0 Å². The van der Waals surface area contributed by atoms with Gasteiger partial charge in [-0.15, -0.1) is 0 Å². The minimum atomic E-state index is -1.55. The van der Waals surface area contributed by atoms with Gasteiger partial charge in [-0.3, -0.25) is 4.79 Å². The van der Waals surface area contributed by atoms with E-state index in [1.54, 1.807) is 4.90 Å². The van der Waals surface area contributed by atoms with Gasteiger partial charge in [-0.25, -0.2) is 9.59 Å². The van der Waals surface area contributed by atoms with Crippen LogP contribution in [0, 0.1) is 6.92 Å². The molecule has 3 rings (SSSR count). The number of Topliss-reactive ketones (excluding diaryl/α,β-unsaturated/α-hetero) is 1. The summed E-state index contributed by atoms with van der Waals surface area (Å²) in [5.74, 6) is 0.00815. The largest absolute Gasteiger partial charge is 0.493 e. The van der Waals surface area contributed by atoms with Gasteiger partial charge in [0.15, 0.2) is 5.54 Å². The van der Waals surface area contributed by atoms with Crippen molar-refractivity contribution in [3.05, 3.63) is 59.2 Å². The molecule has 1 saturated carbocycles. The van der Waals surface area contributed by atoms with E-state index in [4.69, 9.17) is 9.47 Å². The van der Waals surface area contributed by atoms with Crippen molar-refractivity contribution in [2.75, 3.05) is 19.8 Å². The molecule has 0 radical (unpaired) electrons. The number of nitrogens with zero attached hydrogens (tertiary/aromatic N) is 1. The summed E-state index contributed by atoms with van der Waals surface area (Å²) < 4.78 is 11.7. The van der Waals surface area contributed by atoms with Gasteiger partial charge < -0.3 is 24.8 Å². The maximum atomic E-state index is 13.5. The molecule has 1 atom stereocenters. The Hall–Kier alpha value is -3.55. The highest BCUT2D eigenvalue weighted by molar-refractivity contribution is 6.02. The highest BCUT2D eigenvalue weighted by atomic mass is 16.5. The lowest BCUT2D eigenvalue weighted by Gasteiger charge is -2.40. The first-order valence-corrected chi connectivity index (χ1v) is 13.0.